The molecule has 0 radical (unpaired) electrons. The standard InChI is InChI=1S/C17H19N3O4S2/c1-11(14(21)20-8-6-18-16(20)23)24-15(22)13-5-3-2-4-12(13)10-26-17-19-7-9-25-17/h2-5,11H,6-10H2,1H3,(H,18,23)/t11-/m1/s1. The molecule has 26 heavy (non-hydrogen) atoms. The van der Waals surface area contributed by atoms with Gasteiger partial charge < -0.3 is 10.1 Å². The lowest BCUT2D eigenvalue weighted by Crippen LogP contribution is -2.41. The molecule has 1 aromatic rings. The van der Waals surface area contributed by atoms with E-state index >= 15 is 0 Å². The molecule has 3 rings (SSSR count). The van der Waals surface area contributed by atoms with Crippen molar-refractivity contribution < 1.29 is 19.1 Å². The Balaban J connectivity index is 1.63. The van der Waals surface area contributed by atoms with Crippen LogP contribution >= 0.6 is 23.5 Å². The summed E-state index contributed by atoms with van der Waals surface area (Å²) >= 11 is 3.31. The van der Waals surface area contributed by atoms with E-state index in [-0.39, 0.29) is 6.54 Å². The number of aliphatic imine (C=N–C) groups is 1. The molecular weight excluding hydrogens is 374 g/mol. The largest absolute Gasteiger partial charge is 0.449 e. The molecule has 0 aromatic heterocycles. The van der Waals surface area contributed by atoms with Gasteiger partial charge in [0.15, 0.2) is 6.10 Å². The summed E-state index contributed by atoms with van der Waals surface area (Å²) in [4.78, 5) is 41.8. The number of esters is 1. The van der Waals surface area contributed by atoms with Gasteiger partial charge in [-0.3, -0.25) is 14.7 Å². The molecule has 2 heterocycles. The van der Waals surface area contributed by atoms with Crippen molar-refractivity contribution in [2.45, 2.75) is 18.8 Å². The molecule has 0 spiro atoms. The van der Waals surface area contributed by atoms with Crippen LogP contribution in [0, 0.1) is 0 Å². The normalized spacial score (nSPS) is 17.7. The predicted molar refractivity (Wildman–Crippen MR) is 102 cm³/mol. The molecule has 0 saturated carbocycles. The van der Waals surface area contributed by atoms with Crippen molar-refractivity contribution in [3.63, 3.8) is 0 Å². The average molecular weight is 393 g/mol. The number of nitrogens with one attached hydrogen (secondary N) is 1. The van der Waals surface area contributed by atoms with Crippen LogP contribution in [0.15, 0.2) is 29.3 Å². The van der Waals surface area contributed by atoms with Crippen molar-refractivity contribution >= 4 is 45.8 Å². The van der Waals surface area contributed by atoms with Gasteiger partial charge in [0.25, 0.3) is 5.91 Å². The zero-order chi connectivity index (χ0) is 18.5. The number of hydrogen-bond donors (Lipinski definition) is 1. The molecular formula is C17H19N3O4S2. The zero-order valence-corrected chi connectivity index (χ0v) is 15.9. The Morgan fingerprint density at radius 2 is 2.23 bits per heavy atom. The third kappa shape index (κ3) is 4.39. The maximum atomic E-state index is 12.5. The number of hydrogen-bond acceptors (Lipinski definition) is 7. The van der Waals surface area contributed by atoms with E-state index in [0.29, 0.717) is 17.9 Å². The van der Waals surface area contributed by atoms with E-state index < -0.39 is 24.0 Å². The fourth-order valence-electron chi connectivity index (χ4n) is 2.56. The van der Waals surface area contributed by atoms with Gasteiger partial charge in [-0.1, -0.05) is 41.7 Å². The molecule has 138 valence electrons. The van der Waals surface area contributed by atoms with Gasteiger partial charge in [0.2, 0.25) is 0 Å². The minimum absolute atomic E-state index is 0.284. The van der Waals surface area contributed by atoms with Crippen molar-refractivity contribution in [1.29, 1.82) is 0 Å². The molecule has 1 atom stereocenters. The second kappa shape index (κ2) is 8.59. The van der Waals surface area contributed by atoms with Crippen molar-refractivity contribution in [2.24, 2.45) is 4.99 Å². The fraction of sp³-hybridized carbons (Fsp3) is 0.412. The van der Waals surface area contributed by atoms with Gasteiger partial charge in [0.1, 0.15) is 4.38 Å². The van der Waals surface area contributed by atoms with Crippen molar-refractivity contribution in [2.75, 3.05) is 25.4 Å². The summed E-state index contributed by atoms with van der Waals surface area (Å²) in [5.74, 6) is 0.517. The lowest BCUT2D eigenvalue weighted by molar-refractivity contribution is -0.136. The summed E-state index contributed by atoms with van der Waals surface area (Å²) in [5, 5.41) is 2.55. The van der Waals surface area contributed by atoms with Crippen LogP contribution in [0.25, 0.3) is 0 Å². The van der Waals surface area contributed by atoms with Gasteiger partial charge in [-0.15, -0.1) is 0 Å². The highest BCUT2D eigenvalue weighted by atomic mass is 32.2. The van der Waals surface area contributed by atoms with Gasteiger partial charge in [0, 0.05) is 24.6 Å². The predicted octanol–water partition coefficient (Wildman–Crippen LogP) is 2.12. The van der Waals surface area contributed by atoms with E-state index in [0.717, 1.165) is 27.1 Å². The van der Waals surface area contributed by atoms with Crippen molar-refractivity contribution in [3.8, 4) is 0 Å². The lowest BCUT2D eigenvalue weighted by Gasteiger charge is -2.18. The van der Waals surface area contributed by atoms with Crippen LogP contribution in [0.1, 0.15) is 22.8 Å². The topological polar surface area (TPSA) is 88.1 Å². The molecule has 0 aliphatic carbocycles. The fourth-order valence-corrected chi connectivity index (χ4v) is 4.58. The van der Waals surface area contributed by atoms with E-state index in [2.05, 4.69) is 10.3 Å². The highest BCUT2D eigenvalue weighted by molar-refractivity contribution is 8.38. The maximum Gasteiger partial charge on any atom is 0.339 e. The molecule has 7 nitrogen and oxygen atoms in total. The number of imide groups is 1. The summed E-state index contributed by atoms with van der Waals surface area (Å²) in [5.41, 5.74) is 1.25. The van der Waals surface area contributed by atoms with E-state index in [4.69, 9.17) is 4.74 Å². The number of carbonyl (C=O) groups excluding carboxylic acids is 3. The number of benzene rings is 1. The van der Waals surface area contributed by atoms with Gasteiger partial charge in [0.05, 0.1) is 12.1 Å². The first-order valence-corrected chi connectivity index (χ1v) is 10.2. The first-order valence-electron chi connectivity index (χ1n) is 8.24. The molecule has 2 aliphatic heterocycles. The minimum Gasteiger partial charge on any atom is -0.449 e. The van der Waals surface area contributed by atoms with Crippen LogP contribution < -0.4 is 5.32 Å². The Kier molecular flexibility index (Phi) is 6.20. The van der Waals surface area contributed by atoms with E-state index in [9.17, 15) is 14.4 Å². The van der Waals surface area contributed by atoms with Crippen molar-refractivity contribution in [1.82, 2.24) is 10.2 Å². The van der Waals surface area contributed by atoms with Crippen LogP contribution in [0.2, 0.25) is 0 Å². The van der Waals surface area contributed by atoms with Gasteiger partial charge in [-0.2, -0.15) is 0 Å². The highest BCUT2D eigenvalue weighted by Crippen LogP contribution is 2.26. The van der Waals surface area contributed by atoms with Crippen molar-refractivity contribution in [3.05, 3.63) is 35.4 Å². The van der Waals surface area contributed by atoms with Crippen LogP contribution in [-0.2, 0) is 15.3 Å². The average Bonchev–Trinajstić information content (AvgIpc) is 3.31. The molecule has 1 fully saturated rings. The summed E-state index contributed by atoms with van der Waals surface area (Å²) in [6, 6.07) is 6.71. The number of amides is 3. The second-order valence-corrected chi connectivity index (χ2v) is 8.02. The van der Waals surface area contributed by atoms with Gasteiger partial charge in [-0.25, -0.2) is 9.59 Å². The number of nitrogens with zero attached hydrogens (tertiary/aromatic N) is 2. The summed E-state index contributed by atoms with van der Waals surface area (Å²) < 4.78 is 6.34. The molecule has 1 saturated heterocycles. The summed E-state index contributed by atoms with van der Waals surface area (Å²) in [6.07, 6.45) is -1.03. The molecule has 3 amide bonds. The molecule has 0 bridgehead atoms. The SMILES string of the molecule is C[C@@H](OC(=O)c1ccccc1CSC1=NCCS1)C(=O)N1CCNC1=O. The molecule has 1 aromatic carbocycles. The molecule has 2 aliphatic rings. The minimum atomic E-state index is -1.03. The first-order chi connectivity index (χ1) is 12.6. The summed E-state index contributed by atoms with van der Waals surface area (Å²) in [6.45, 7) is 3.01. The molecule has 1 N–H and O–H groups in total. The zero-order valence-electron chi connectivity index (χ0n) is 14.3. The van der Waals surface area contributed by atoms with Crippen LogP contribution in [0.3, 0.4) is 0 Å². The summed E-state index contributed by atoms with van der Waals surface area (Å²) in [7, 11) is 0. The maximum absolute atomic E-state index is 12.5. The van der Waals surface area contributed by atoms with Crippen LogP contribution in [0.5, 0.6) is 0 Å². The van der Waals surface area contributed by atoms with E-state index in [1.54, 1.807) is 35.7 Å². The highest BCUT2D eigenvalue weighted by Gasteiger charge is 2.32. The Hall–Kier alpha value is -2.00. The Bertz CT molecular complexity index is 753. The number of rotatable bonds is 5. The lowest BCUT2D eigenvalue weighted by atomic mass is 10.1. The molecule has 9 heteroatoms. The second-order valence-electron chi connectivity index (χ2n) is 5.71. The van der Waals surface area contributed by atoms with Crippen LogP contribution in [-0.4, -0.2) is 58.7 Å². The molecule has 0 unspecified atom stereocenters. The third-order valence-electron chi connectivity index (χ3n) is 3.90. The van der Waals surface area contributed by atoms with Crippen LogP contribution in [0.4, 0.5) is 4.79 Å². The quantitative estimate of drug-likeness (QED) is 0.771. The Morgan fingerprint density at radius 3 is 2.92 bits per heavy atom. The first kappa shape index (κ1) is 18.8. The van der Waals surface area contributed by atoms with Gasteiger partial charge >= 0.3 is 12.0 Å². The van der Waals surface area contributed by atoms with E-state index in [1.807, 2.05) is 12.1 Å². The van der Waals surface area contributed by atoms with E-state index in [1.165, 1.54) is 6.92 Å². The Morgan fingerprint density at radius 1 is 1.42 bits per heavy atom. The monoisotopic (exact) mass is 393 g/mol. The Labute approximate surface area is 159 Å². The number of thioether (sulfide) groups is 2. The smallest absolute Gasteiger partial charge is 0.339 e. The third-order valence-corrected chi connectivity index (χ3v) is 6.20. The number of ether oxygens (including phenoxy) is 1. The number of carbonyl (C=O) groups is 3. The van der Waals surface area contributed by atoms with Gasteiger partial charge in [-0.05, 0) is 18.6 Å². The number of urea groups is 1.